The van der Waals surface area contributed by atoms with Crippen LogP contribution in [0.1, 0.15) is 31.8 Å². The molecule has 2 N–H and O–H groups in total. The van der Waals surface area contributed by atoms with E-state index < -0.39 is 11.9 Å². The van der Waals surface area contributed by atoms with Crippen molar-refractivity contribution in [3.05, 3.63) is 57.9 Å². The number of hydrogen-bond donors (Lipinski definition) is 2. The third-order valence-corrected chi connectivity index (χ3v) is 3.25. The molecular weight excluding hydrogens is 292 g/mol. The number of carbonyl (C=O) groups excluding carboxylic acids is 1. The molecule has 0 radical (unpaired) electrons. The number of carboxylic acid groups (broad SMARTS) is 1. The summed E-state index contributed by atoms with van der Waals surface area (Å²) >= 11 is 5.86. The molecule has 0 aliphatic heterocycles. The molecule has 0 bridgehead atoms. The van der Waals surface area contributed by atoms with E-state index in [2.05, 4.69) is 10.3 Å². The monoisotopic (exact) mass is 304 g/mol. The van der Waals surface area contributed by atoms with Crippen LogP contribution < -0.4 is 5.32 Å². The Balaban J connectivity index is 2.42. The van der Waals surface area contributed by atoms with Gasteiger partial charge in [-0.2, -0.15) is 0 Å². The van der Waals surface area contributed by atoms with Crippen molar-refractivity contribution in [1.29, 1.82) is 0 Å². The number of hydrogen-bond acceptors (Lipinski definition) is 3. The molecule has 0 saturated carbocycles. The number of aryl methyl sites for hydroxylation is 2. The summed E-state index contributed by atoms with van der Waals surface area (Å²) in [5.41, 5.74) is 1.97. The summed E-state index contributed by atoms with van der Waals surface area (Å²) < 4.78 is 0. The Labute approximate surface area is 126 Å². The molecule has 21 heavy (non-hydrogen) atoms. The molecule has 2 aromatic rings. The van der Waals surface area contributed by atoms with Gasteiger partial charge in [0.1, 0.15) is 5.15 Å². The van der Waals surface area contributed by atoms with E-state index in [0.29, 0.717) is 5.56 Å². The molecule has 0 atom stereocenters. The number of carboxylic acids is 1. The Morgan fingerprint density at radius 1 is 1.24 bits per heavy atom. The molecule has 108 valence electrons. The number of benzene rings is 1. The van der Waals surface area contributed by atoms with Crippen LogP contribution in [0.15, 0.2) is 30.5 Å². The number of carbonyl (C=O) groups is 2. The highest BCUT2D eigenvalue weighted by atomic mass is 35.5. The number of aromatic carboxylic acids is 1. The average Bonchev–Trinajstić information content (AvgIpc) is 2.41. The van der Waals surface area contributed by atoms with E-state index in [9.17, 15) is 14.7 Å². The van der Waals surface area contributed by atoms with Crippen molar-refractivity contribution in [2.45, 2.75) is 13.8 Å². The smallest absolute Gasteiger partial charge is 0.337 e. The molecule has 2 rings (SSSR count). The highest BCUT2D eigenvalue weighted by Crippen LogP contribution is 2.24. The van der Waals surface area contributed by atoms with Crippen molar-refractivity contribution in [3.8, 4) is 0 Å². The molecule has 1 aromatic heterocycles. The number of halogens is 1. The van der Waals surface area contributed by atoms with Gasteiger partial charge in [-0.25, -0.2) is 9.78 Å². The second kappa shape index (κ2) is 5.93. The summed E-state index contributed by atoms with van der Waals surface area (Å²) in [4.78, 5) is 27.4. The summed E-state index contributed by atoms with van der Waals surface area (Å²) in [6.45, 7) is 3.53. The first-order valence-corrected chi connectivity index (χ1v) is 6.54. The third-order valence-electron chi connectivity index (χ3n) is 2.95. The Hall–Kier alpha value is -2.40. The zero-order valence-corrected chi connectivity index (χ0v) is 12.2. The summed E-state index contributed by atoms with van der Waals surface area (Å²) in [5, 5.41) is 11.9. The first kappa shape index (κ1) is 15.0. The lowest BCUT2D eigenvalue weighted by Gasteiger charge is -2.13. The zero-order valence-electron chi connectivity index (χ0n) is 11.5. The first-order chi connectivity index (χ1) is 9.90. The number of pyridine rings is 1. The van der Waals surface area contributed by atoms with Gasteiger partial charge in [0.05, 0.1) is 16.8 Å². The minimum atomic E-state index is -1.10. The summed E-state index contributed by atoms with van der Waals surface area (Å²) in [6.07, 6.45) is 1.47. The molecule has 0 spiro atoms. The average molecular weight is 305 g/mol. The van der Waals surface area contributed by atoms with Crippen LogP contribution in [0.2, 0.25) is 5.15 Å². The van der Waals surface area contributed by atoms with Crippen LogP contribution in [-0.2, 0) is 0 Å². The van der Waals surface area contributed by atoms with Gasteiger partial charge in [0, 0.05) is 6.20 Å². The van der Waals surface area contributed by atoms with Gasteiger partial charge in [-0.3, -0.25) is 4.79 Å². The van der Waals surface area contributed by atoms with E-state index in [1.165, 1.54) is 18.3 Å². The Bertz CT molecular complexity index is 729. The van der Waals surface area contributed by atoms with Gasteiger partial charge in [-0.1, -0.05) is 17.7 Å². The maximum absolute atomic E-state index is 12.2. The molecule has 1 aromatic carbocycles. The molecule has 0 fully saturated rings. The van der Waals surface area contributed by atoms with Gasteiger partial charge >= 0.3 is 5.97 Å². The highest BCUT2D eigenvalue weighted by Gasteiger charge is 2.18. The van der Waals surface area contributed by atoms with Crippen LogP contribution >= 0.6 is 11.6 Å². The quantitative estimate of drug-likeness (QED) is 0.853. The van der Waals surface area contributed by atoms with Crippen molar-refractivity contribution in [3.63, 3.8) is 0 Å². The predicted molar refractivity (Wildman–Crippen MR) is 80.1 cm³/mol. The SMILES string of the molecule is Cc1cc(C)c(NC(=O)c2cccnc2Cl)c(C(=O)O)c1. The minimum absolute atomic E-state index is 0.0425. The molecule has 1 amide bonds. The molecule has 0 aliphatic carbocycles. The summed E-state index contributed by atoms with van der Waals surface area (Å²) in [6, 6.07) is 6.41. The number of rotatable bonds is 3. The fourth-order valence-corrected chi connectivity index (χ4v) is 2.24. The fourth-order valence-electron chi connectivity index (χ4n) is 2.04. The van der Waals surface area contributed by atoms with Crippen LogP contribution in [-0.4, -0.2) is 22.0 Å². The van der Waals surface area contributed by atoms with E-state index in [1.54, 1.807) is 26.0 Å². The summed E-state index contributed by atoms with van der Waals surface area (Å²) in [7, 11) is 0. The normalized spacial score (nSPS) is 10.2. The lowest BCUT2D eigenvalue weighted by molar-refractivity contribution is 0.0698. The van der Waals surface area contributed by atoms with Crippen LogP contribution in [0, 0.1) is 13.8 Å². The molecule has 5 nitrogen and oxygen atoms in total. The Kier molecular flexibility index (Phi) is 4.23. The molecule has 0 unspecified atom stereocenters. The van der Waals surface area contributed by atoms with Crippen LogP contribution in [0.4, 0.5) is 5.69 Å². The van der Waals surface area contributed by atoms with E-state index in [0.717, 1.165) is 5.56 Å². The number of nitrogens with one attached hydrogen (secondary N) is 1. The highest BCUT2D eigenvalue weighted by molar-refractivity contribution is 6.33. The lowest BCUT2D eigenvalue weighted by Crippen LogP contribution is -2.17. The van der Waals surface area contributed by atoms with E-state index in [-0.39, 0.29) is 22.0 Å². The standard InChI is InChI=1S/C15H13ClN2O3/c1-8-6-9(2)12(11(7-8)15(20)21)18-14(19)10-4-3-5-17-13(10)16/h3-7H,1-2H3,(H,18,19)(H,20,21). The van der Waals surface area contributed by atoms with E-state index in [1.807, 2.05) is 0 Å². The lowest BCUT2D eigenvalue weighted by atomic mass is 10.0. The Morgan fingerprint density at radius 2 is 1.95 bits per heavy atom. The fraction of sp³-hybridized carbons (Fsp3) is 0.133. The van der Waals surface area contributed by atoms with Crippen molar-refractivity contribution in [2.75, 3.05) is 5.32 Å². The molecule has 1 heterocycles. The number of anilines is 1. The minimum Gasteiger partial charge on any atom is -0.478 e. The van der Waals surface area contributed by atoms with Crippen LogP contribution in [0.25, 0.3) is 0 Å². The van der Waals surface area contributed by atoms with Gasteiger partial charge in [0.2, 0.25) is 0 Å². The van der Waals surface area contributed by atoms with Crippen molar-refractivity contribution < 1.29 is 14.7 Å². The van der Waals surface area contributed by atoms with Gasteiger partial charge in [-0.15, -0.1) is 0 Å². The Morgan fingerprint density at radius 3 is 2.57 bits per heavy atom. The number of nitrogens with zero attached hydrogens (tertiary/aromatic N) is 1. The molecule has 0 saturated heterocycles. The van der Waals surface area contributed by atoms with Crippen molar-refractivity contribution >= 4 is 29.2 Å². The van der Waals surface area contributed by atoms with Crippen LogP contribution in [0.5, 0.6) is 0 Å². The summed E-state index contributed by atoms with van der Waals surface area (Å²) in [5.74, 6) is -1.60. The van der Waals surface area contributed by atoms with E-state index in [4.69, 9.17) is 11.6 Å². The van der Waals surface area contributed by atoms with Gasteiger partial charge in [0.25, 0.3) is 5.91 Å². The third kappa shape index (κ3) is 3.20. The largest absolute Gasteiger partial charge is 0.478 e. The molecular formula is C15H13ClN2O3. The van der Waals surface area contributed by atoms with Crippen LogP contribution in [0.3, 0.4) is 0 Å². The van der Waals surface area contributed by atoms with E-state index >= 15 is 0 Å². The topological polar surface area (TPSA) is 79.3 Å². The molecule has 0 aliphatic rings. The number of amides is 1. The first-order valence-electron chi connectivity index (χ1n) is 6.16. The molecule has 6 heteroatoms. The van der Waals surface area contributed by atoms with Gasteiger partial charge in [0.15, 0.2) is 0 Å². The maximum Gasteiger partial charge on any atom is 0.337 e. The maximum atomic E-state index is 12.2. The predicted octanol–water partition coefficient (Wildman–Crippen LogP) is 3.30. The zero-order chi connectivity index (χ0) is 15.6. The van der Waals surface area contributed by atoms with Gasteiger partial charge in [-0.05, 0) is 43.2 Å². The second-order valence-electron chi connectivity index (χ2n) is 4.61. The van der Waals surface area contributed by atoms with Crippen molar-refractivity contribution in [2.24, 2.45) is 0 Å². The van der Waals surface area contributed by atoms with Crippen molar-refractivity contribution in [1.82, 2.24) is 4.98 Å². The number of aromatic nitrogens is 1. The van der Waals surface area contributed by atoms with Gasteiger partial charge < -0.3 is 10.4 Å². The second-order valence-corrected chi connectivity index (χ2v) is 4.96.